The number of nitrogens with two attached hydrogens (primary N) is 1. The van der Waals surface area contributed by atoms with Crippen molar-refractivity contribution in [2.45, 2.75) is 13.5 Å². The average molecular weight is 276 g/mol. The molecule has 0 bridgehead atoms. The molecule has 20 heavy (non-hydrogen) atoms. The van der Waals surface area contributed by atoms with Crippen LogP contribution >= 0.6 is 0 Å². The van der Waals surface area contributed by atoms with Crippen molar-refractivity contribution in [2.24, 2.45) is 10.7 Å². The number of guanidine groups is 1. The summed E-state index contributed by atoms with van der Waals surface area (Å²) in [5.74, 6) is 0.610. The summed E-state index contributed by atoms with van der Waals surface area (Å²) in [6.07, 6.45) is 0. The molecule has 0 amide bonds. The minimum absolute atomic E-state index is 0.608. The Hall–Kier alpha value is -1.75. The Labute approximate surface area is 121 Å². The molecule has 1 heterocycles. The van der Waals surface area contributed by atoms with Gasteiger partial charge in [-0.1, -0.05) is 12.1 Å². The van der Waals surface area contributed by atoms with Gasteiger partial charge in [0.1, 0.15) is 0 Å². The molecule has 1 aliphatic heterocycles. The molecule has 0 aliphatic carbocycles. The molecule has 1 fully saturated rings. The quantitative estimate of drug-likeness (QED) is 0.666. The summed E-state index contributed by atoms with van der Waals surface area (Å²) in [6, 6.07) is 6.42. The lowest BCUT2D eigenvalue weighted by molar-refractivity contribution is 0.0674. The molecule has 1 aromatic rings. The fourth-order valence-electron chi connectivity index (χ4n) is 2.28. The minimum atomic E-state index is 0.608. The van der Waals surface area contributed by atoms with Crippen molar-refractivity contribution in [1.29, 1.82) is 0 Å². The first-order valence-corrected chi connectivity index (χ1v) is 6.97. The molecule has 1 aromatic carbocycles. The molecule has 0 spiro atoms. The van der Waals surface area contributed by atoms with Gasteiger partial charge in [-0.15, -0.1) is 0 Å². The van der Waals surface area contributed by atoms with Crippen LogP contribution < -0.4 is 10.6 Å². The highest BCUT2D eigenvalue weighted by Crippen LogP contribution is 2.21. The molecule has 5 nitrogen and oxygen atoms in total. The number of nitrogens with zero attached hydrogens (tertiary/aromatic N) is 3. The van der Waals surface area contributed by atoms with Gasteiger partial charge in [0, 0.05) is 32.9 Å². The number of aliphatic imine (C=N–C) groups is 1. The van der Waals surface area contributed by atoms with Crippen LogP contribution in [0, 0.1) is 6.92 Å². The molecular weight excluding hydrogens is 252 g/mol. The summed E-state index contributed by atoms with van der Waals surface area (Å²) in [7, 11) is 4.10. The molecule has 1 aliphatic rings. The van der Waals surface area contributed by atoms with E-state index in [1.807, 2.05) is 14.1 Å². The van der Waals surface area contributed by atoms with Crippen molar-refractivity contribution in [3.63, 3.8) is 0 Å². The van der Waals surface area contributed by atoms with E-state index in [-0.39, 0.29) is 0 Å². The summed E-state index contributed by atoms with van der Waals surface area (Å²) in [5.41, 5.74) is 9.70. The van der Waals surface area contributed by atoms with E-state index < -0.39 is 0 Å². The molecular formula is C15H24N4O. The lowest BCUT2D eigenvalue weighted by atomic mass is 10.1. The normalized spacial score (nSPS) is 16.4. The van der Waals surface area contributed by atoms with Crippen molar-refractivity contribution in [2.75, 3.05) is 45.3 Å². The minimum Gasteiger partial charge on any atom is -0.378 e. The Balaban J connectivity index is 2.09. The molecule has 0 saturated carbocycles. The molecule has 0 atom stereocenters. The van der Waals surface area contributed by atoms with Gasteiger partial charge in [-0.3, -0.25) is 0 Å². The standard InChI is InChI=1S/C15H24N4O/c1-12-4-5-13(14(10-12)18(2)3)11-17-15(16)19-6-8-20-9-7-19/h4-5,10H,6-9,11H2,1-3H3,(H2,16,17). The van der Waals surface area contributed by atoms with Crippen LogP contribution in [0.3, 0.4) is 0 Å². The second-order valence-corrected chi connectivity index (χ2v) is 5.30. The number of morpholine rings is 1. The fourth-order valence-corrected chi connectivity index (χ4v) is 2.28. The smallest absolute Gasteiger partial charge is 0.191 e. The maximum atomic E-state index is 6.06. The highest BCUT2D eigenvalue weighted by atomic mass is 16.5. The van der Waals surface area contributed by atoms with Gasteiger partial charge in [0.15, 0.2) is 5.96 Å². The Morgan fingerprint density at radius 2 is 2.05 bits per heavy atom. The van der Waals surface area contributed by atoms with Gasteiger partial charge in [0.05, 0.1) is 19.8 Å². The molecule has 2 N–H and O–H groups in total. The second kappa shape index (κ2) is 6.61. The van der Waals surface area contributed by atoms with Crippen LogP contribution in [0.5, 0.6) is 0 Å². The van der Waals surface area contributed by atoms with Crippen LogP contribution in [0.1, 0.15) is 11.1 Å². The van der Waals surface area contributed by atoms with Gasteiger partial charge in [0.25, 0.3) is 0 Å². The van der Waals surface area contributed by atoms with Gasteiger partial charge in [0.2, 0.25) is 0 Å². The lowest BCUT2D eigenvalue weighted by Crippen LogP contribution is -2.44. The zero-order valence-corrected chi connectivity index (χ0v) is 12.6. The summed E-state index contributed by atoms with van der Waals surface area (Å²) >= 11 is 0. The highest BCUT2D eigenvalue weighted by molar-refractivity contribution is 5.78. The maximum Gasteiger partial charge on any atom is 0.191 e. The number of anilines is 1. The van der Waals surface area contributed by atoms with Crippen molar-refractivity contribution >= 4 is 11.6 Å². The summed E-state index contributed by atoms with van der Waals surface area (Å²) in [4.78, 5) is 8.72. The van der Waals surface area contributed by atoms with Crippen LogP contribution in [0.25, 0.3) is 0 Å². The van der Waals surface area contributed by atoms with Gasteiger partial charge >= 0.3 is 0 Å². The fraction of sp³-hybridized carbons (Fsp3) is 0.533. The maximum absolute atomic E-state index is 6.06. The van der Waals surface area contributed by atoms with Crippen molar-refractivity contribution in [3.05, 3.63) is 29.3 Å². The van der Waals surface area contributed by atoms with Gasteiger partial charge in [-0.25, -0.2) is 4.99 Å². The molecule has 2 rings (SSSR count). The highest BCUT2D eigenvalue weighted by Gasteiger charge is 2.12. The molecule has 110 valence electrons. The third kappa shape index (κ3) is 3.63. The van der Waals surface area contributed by atoms with E-state index in [0.717, 1.165) is 26.3 Å². The molecule has 1 saturated heterocycles. The van der Waals surface area contributed by atoms with E-state index in [0.29, 0.717) is 12.5 Å². The van der Waals surface area contributed by atoms with Crippen LogP contribution in [0.2, 0.25) is 0 Å². The van der Waals surface area contributed by atoms with E-state index >= 15 is 0 Å². The number of aryl methyl sites for hydroxylation is 1. The average Bonchev–Trinajstić information content (AvgIpc) is 2.46. The predicted octanol–water partition coefficient (Wildman–Crippen LogP) is 1.21. The lowest BCUT2D eigenvalue weighted by Gasteiger charge is -2.27. The monoisotopic (exact) mass is 276 g/mol. The topological polar surface area (TPSA) is 54.1 Å². The first-order valence-electron chi connectivity index (χ1n) is 6.97. The number of benzene rings is 1. The van der Waals surface area contributed by atoms with E-state index in [1.165, 1.54) is 16.8 Å². The largest absolute Gasteiger partial charge is 0.378 e. The first-order chi connectivity index (χ1) is 9.58. The molecule has 5 heteroatoms. The van der Waals surface area contributed by atoms with Crippen LogP contribution in [-0.2, 0) is 11.3 Å². The Bertz CT molecular complexity index is 479. The van der Waals surface area contributed by atoms with Gasteiger partial charge in [-0.2, -0.15) is 0 Å². The number of rotatable bonds is 3. The zero-order valence-electron chi connectivity index (χ0n) is 12.6. The SMILES string of the molecule is Cc1ccc(CN=C(N)N2CCOCC2)c(N(C)C)c1. The number of ether oxygens (including phenoxy) is 1. The van der Waals surface area contributed by atoms with Crippen LogP contribution in [0.15, 0.2) is 23.2 Å². The van der Waals surface area contributed by atoms with Crippen molar-refractivity contribution in [1.82, 2.24) is 4.90 Å². The van der Waals surface area contributed by atoms with E-state index in [4.69, 9.17) is 10.5 Å². The number of hydrogen-bond donors (Lipinski definition) is 1. The summed E-state index contributed by atoms with van der Waals surface area (Å²) < 4.78 is 5.32. The summed E-state index contributed by atoms with van der Waals surface area (Å²) in [6.45, 7) is 5.81. The first kappa shape index (κ1) is 14.7. The molecule has 0 aromatic heterocycles. The van der Waals surface area contributed by atoms with E-state index in [1.54, 1.807) is 0 Å². The van der Waals surface area contributed by atoms with Crippen LogP contribution in [-0.4, -0.2) is 51.3 Å². The Morgan fingerprint density at radius 1 is 1.35 bits per heavy atom. The van der Waals surface area contributed by atoms with Crippen molar-refractivity contribution in [3.8, 4) is 0 Å². The molecule has 0 radical (unpaired) electrons. The van der Waals surface area contributed by atoms with Gasteiger partial charge in [-0.05, 0) is 24.1 Å². The summed E-state index contributed by atoms with van der Waals surface area (Å²) in [5, 5.41) is 0. The second-order valence-electron chi connectivity index (χ2n) is 5.30. The Kier molecular flexibility index (Phi) is 4.84. The van der Waals surface area contributed by atoms with Gasteiger partial charge < -0.3 is 20.3 Å². The number of hydrogen-bond acceptors (Lipinski definition) is 3. The van der Waals surface area contributed by atoms with Crippen molar-refractivity contribution < 1.29 is 4.74 Å². The van der Waals surface area contributed by atoms with E-state index in [9.17, 15) is 0 Å². The predicted molar refractivity (Wildman–Crippen MR) is 83.2 cm³/mol. The Morgan fingerprint density at radius 3 is 2.70 bits per heavy atom. The van der Waals surface area contributed by atoms with E-state index in [2.05, 4.69) is 39.9 Å². The third-order valence-electron chi connectivity index (χ3n) is 3.47. The van der Waals surface area contributed by atoms with Crippen LogP contribution in [0.4, 0.5) is 5.69 Å². The molecule has 0 unspecified atom stereocenters. The zero-order chi connectivity index (χ0) is 14.5. The third-order valence-corrected chi connectivity index (χ3v) is 3.47.